The Morgan fingerprint density at radius 2 is 0.152 bits per heavy atom. The molecule has 5 radical (unpaired) electrons. The maximum Gasteiger partial charge on any atom is 3.00 e. The minimum atomic E-state index is 0. The molecule has 0 unspecified atom stereocenters. The molecular formula is C18Cl2Fe7KN18. The summed E-state index contributed by atoms with van der Waals surface area (Å²) in [6, 6.07) is 0. The third kappa shape index (κ3) is 5780. The third-order valence-corrected chi connectivity index (χ3v) is 0. The predicted molar refractivity (Wildman–Crippen MR) is 89.4 cm³/mol. The smallest absolute Gasteiger partial charge is 1.00 e. The fraction of sp³-hybridized carbons (Fsp3) is 0. The maximum atomic E-state index is 6.25. The second-order valence-corrected chi connectivity index (χ2v) is 0. The van der Waals surface area contributed by atoms with Crippen molar-refractivity contribution in [3.8, 4) is 0 Å². The molecule has 0 amide bonds. The van der Waals surface area contributed by atoms with E-state index in [4.69, 9.17) is 213 Å². The molecule has 28 heteroatoms. The molecule has 0 heterocycles. The Bertz CT molecular complexity index is 393. The van der Waals surface area contributed by atoms with E-state index in [9.17, 15) is 0 Å². The predicted octanol–water partition coefficient (Wildman–Crippen LogP) is -7.27. The summed E-state index contributed by atoms with van der Waals surface area (Å²) in [6.45, 7) is 85.5. The van der Waals surface area contributed by atoms with E-state index in [0.29, 0.717) is 0 Å². The van der Waals surface area contributed by atoms with Gasteiger partial charge in [-0.3, -0.25) is 0 Å². The van der Waals surface area contributed by atoms with Crippen LogP contribution in [-0.4, -0.2) is 0 Å². The molecule has 0 saturated carbocycles. The molecule has 46 heavy (non-hydrogen) atoms. The van der Waals surface area contributed by atoms with E-state index in [2.05, 4.69) is 0 Å². The van der Waals surface area contributed by atoms with Crippen molar-refractivity contribution in [2.75, 3.05) is 0 Å². The number of hydrogen-bond donors (Lipinski definition) is 0. The van der Waals surface area contributed by atoms with Crippen LogP contribution < -0.4 is 76.2 Å². The fourth-order valence-corrected chi connectivity index (χ4v) is 0. The summed E-state index contributed by atoms with van der Waals surface area (Å²) >= 11 is 0. The van der Waals surface area contributed by atoms with Crippen LogP contribution in [0.1, 0.15) is 0 Å². The Morgan fingerprint density at radius 3 is 0.152 bits per heavy atom. The number of hydrogen-bond acceptors (Lipinski definition) is 18. The molecule has 0 aliphatic rings. The van der Waals surface area contributed by atoms with E-state index in [1.807, 2.05) is 0 Å². The van der Waals surface area contributed by atoms with Crippen LogP contribution in [0, 0.1) is 213 Å². The summed E-state index contributed by atoms with van der Waals surface area (Å²) in [6.07, 6.45) is 0. The van der Waals surface area contributed by atoms with Crippen molar-refractivity contribution in [2.45, 2.75) is 0 Å². The van der Waals surface area contributed by atoms with Crippen LogP contribution in [0.3, 0.4) is 0 Å². The Kier molecular flexibility index (Phi) is 46600. The molecule has 0 aromatic rings. The van der Waals surface area contributed by atoms with Crippen molar-refractivity contribution in [3.63, 3.8) is 0 Å². The standard InChI is InChI=1S/18CN.2ClH.7Fe.K/c18*1-2;;;;;;;;;;/h;;;;;;;;;;;;;;;;;;2*1H;;;;;;;;/q18*-1;;;2*+2;5*+3;+1/p-2. The molecule has 18 nitrogen and oxygen atoms in total. The average molecular weight is 969 g/mol. The zero-order valence-electron chi connectivity index (χ0n) is 21.3. The Morgan fingerprint density at radius 1 is 0.152 bits per heavy atom. The van der Waals surface area contributed by atoms with Crippen LogP contribution in [0.15, 0.2) is 0 Å². The Balaban J connectivity index is -0.00000000283. The third-order valence-electron chi connectivity index (χ3n) is 0. The zero-order valence-corrected chi connectivity index (χ0v) is 33.6. The number of nitrogens with zero attached hydrogens (tertiary/aromatic N) is 18. The van der Waals surface area contributed by atoms with E-state index in [0.717, 1.165) is 0 Å². The van der Waals surface area contributed by atoms with Gasteiger partial charge in [-0.1, -0.05) is 0 Å². The normalized spacial score (nSPS) is 0.783. The van der Waals surface area contributed by atoms with Crippen LogP contribution >= 0.6 is 0 Å². The largest absolute Gasteiger partial charge is 3.00 e. The van der Waals surface area contributed by atoms with Crippen molar-refractivity contribution in [2.24, 2.45) is 0 Å². The van der Waals surface area contributed by atoms with Crippen LogP contribution in [0.5, 0.6) is 0 Å². The van der Waals surface area contributed by atoms with Gasteiger partial charge < -0.3 is 238 Å². The summed E-state index contributed by atoms with van der Waals surface area (Å²) in [7, 11) is 0. The van der Waals surface area contributed by atoms with Gasteiger partial charge in [0.05, 0.1) is 0 Å². The molecule has 0 saturated heterocycles. The first-order valence-corrected chi connectivity index (χ1v) is 4.02. The van der Waals surface area contributed by atoms with Crippen LogP contribution in [-0.2, 0) is 119 Å². The first-order chi connectivity index (χ1) is 18.0. The monoisotopic (exact) mass is 969 g/mol. The first kappa shape index (κ1) is 344. The first-order valence-electron chi connectivity index (χ1n) is 4.02. The molecule has 0 aromatic heterocycles. The summed E-state index contributed by atoms with van der Waals surface area (Å²) in [5.41, 5.74) is 0. The van der Waals surface area contributed by atoms with Gasteiger partial charge >= 0.3 is 171 Å². The van der Waals surface area contributed by atoms with Gasteiger partial charge in [-0.15, -0.1) is 0 Å². The molecule has 0 bridgehead atoms. The van der Waals surface area contributed by atoms with Crippen LogP contribution in [0.4, 0.5) is 0 Å². The van der Waals surface area contributed by atoms with Gasteiger partial charge in [0, 0.05) is 0 Å². The average Bonchev–Trinajstić information content (AvgIpc) is 3.13. The molecule has 0 fully saturated rings. The summed E-state index contributed by atoms with van der Waals surface area (Å²) < 4.78 is 0. The summed E-state index contributed by atoms with van der Waals surface area (Å²) in [5, 5.41) is 112. The van der Waals surface area contributed by atoms with Gasteiger partial charge in [0.15, 0.2) is 0 Å². The van der Waals surface area contributed by atoms with Gasteiger partial charge in [0.25, 0.3) is 0 Å². The number of halogens is 2. The minimum Gasteiger partial charge on any atom is -1.00 e. The van der Waals surface area contributed by atoms with Crippen molar-refractivity contribution in [1.29, 1.82) is 94.7 Å². The minimum absolute atomic E-state index is 0. The fourth-order valence-electron chi connectivity index (χ4n) is 0. The van der Waals surface area contributed by atoms with E-state index < -0.39 is 0 Å². The molecule has 0 spiro atoms. The quantitative estimate of drug-likeness (QED) is 0.161. The van der Waals surface area contributed by atoms with Gasteiger partial charge in [-0.25, -0.2) is 0 Å². The molecular weight excluding hydrogens is 969 g/mol. The van der Waals surface area contributed by atoms with Gasteiger partial charge in [-0.2, -0.15) is 0 Å². The van der Waals surface area contributed by atoms with E-state index in [1.54, 1.807) is 0 Å². The number of rotatable bonds is 0. The molecule has 0 rings (SSSR count). The van der Waals surface area contributed by atoms with E-state index in [1.165, 1.54) is 0 Å². The Hall–Kier alpha value is -3.33. The molecule has 0 atom stereocenters. The van der Waals surface area contributed by atoms with Crippen molar-refractivity contribution < 1.29 is 196 Å². The molecule has 0 aromatic carbocycles. The molecule has 0 aliphatic heterocycles. The second kappa shape index (κ2) is 6230. The topological polar surface area (TPSA) is 428 Å². The summed E-state index contributed by atoms with van der Waals surface area (Å²) in [5.74, 6) is 0. The van der Waals surface area contributed by atoms with Crippen molar-refractivity contribution in [3.05, 3.63) is 118 Å². The van der Waals surface area contributed by atoms with Gasteiger partial charge in [0.2, 0.25) is 0 Å². The van der Waals surface area contributed by atoms with Crippen LogP contribution in [0.2, 0.25) is 0 Å². The summed E-state index contributed by atoms with van der Waals surface area (Å²) in [4.78, 5) is 0. The Labute approximate surface area is 403 Å². The van der Waals surface area contributed by atoms with Crippen LogP contribution in [0.25, 0.3) is 0 Å². The molecule has 0 N–H and O–H groups in total. The maximum absolute atomic E-state index is 6.25. The molecule has 233 valence electrons. The molecule has 0 aliphatic carbocycles. The van der Waals surface area contributed by atoms with E-state index in [-0.39, 0.29) is 196 Å². The second-order valence-electron chi connectivity index (χ2n) is 0. The van der Waals surface area contributed by atoms with Crippen molar-refractivity contribution >= 4 is 0 Å². The zero-order chi connectivity index (χ0) is 36.0. The van der Waals surface area contributed by atoms with Crippen molar-refractivity contribution in [1.82, 2.24) is 0 Å². The SMILES string of the molecule is [C-]#N.[C-]#N.[C-]#N.[C-]#N.[C-]#N.[C-]#N.[C-]#N.[C-]#N.[C-]#N.[C-]#N.[C-]#N.[C-]#N.[C-]#N.[C-]#N.[C-]#N.[C-]#N.[C-]#N.[C-]#N.[Cl-].[Cl-].[Fe+2].[Fe+2].[Fe+3].[Fe+3].[Fe+3].[Fe+3].[Fe+3].[K+]. The van der Waals surface area contributed by atoms with Gasteiger partial charge in [-0.05, 0) is 0 Å². The van der Waals surface area contributed by atoms with Gasteiger partial charge in [0.1, 0.15) is 0 Å². The van der Waals surface area contributed by atoms with E-state index >= 15 is 0 Å².